The van der Waals surface area contributed by atoms with Crippen molar-refractivity contribution in [3.8, 4) is 5.69 Å². The minimum Gasteiger partial charge on any atom is -0.354 e. The van der Waals surface area contributed by atoms with Crippen LogP contribution in [0.25, 0.3) is 15.9 Å². The molecule has 6 nitrogen and oxygen atoms in total. The van der Waals surface area contributed by atoms with Crippen LogP contribution in [0.3, 0.4) is 0 Å². The van der Waals surface area contributed by atoms with Gasteiger partial charge in [0.25, 0.3) is 5.91 Å². The minimum absolute atomic E-state index is 0.0705. The summed E-state index contributed by atoms with van der Waals surface area (Å²) in [6, 6.07) is 7.90. The van der Waals surface area contributed by atoms with Crippen molar-refractivity contribution in [1.82, 2.24) is 20.4 Å². The van der Waals surface area contributed by atoms with Gasteiger partial charge in [0.15, 0.2) is 0 Å². The Morgan fingerprint density at radius 2 is 1.93 bits per heavy atom. The maximum Gasteiger partial charge on any atom is 0.261 e. The number of fused-ring (bicyclic) bond motifs is 1. The second-order valence-electron chi connectivity index (χ2n) is 6.62. The predicted octanol–water partition coefficient (Wildman–Crippen LogP) is 2.79. The van der Waals surface area contributed by atoms with Gasteiger partial charge in [0, 0.05) is 24.4 Å². The zero-order valence-electron chi connectivity index (χ0n) is 14.8. The van der Waals surface area contributed by atoms with E-state index in [1.54, 1.807) is 16.8 Å². The van der Waals surface area contributed by atoms with Gasteiger partial charge in [-0.1, -0.05) is 0 Å². The molecule has 3 aromatic rings. The van der Waals surface area contributed by atoms with Crippen LogP contribution in [-0.2, 0) is 4.79 Å². The highest BCUT2D eigenvalue weighted by Gasteiger charge is 2.29. The second kappa shape index (κ2) is 7.11. The summed E-state index contributed by atoms with van der Waals surface area (Å²) in [4.78, 5) is 25.4. The molecule has 0 radical (unpaired) electrons. The highest BCUT2D eigenvalue weighted by molar-refractivity contribution is 7.20. The molecular weight excluding hydrogens is 367 g/mol. The first-order valence-corrected chi connectivity index (χ1v) is 9.65. The largest absolute Gasteiger partial charge is 0.354 e. The van der Waals surface area contributed by atoms with Crippen molar-refractivity contribution >= 4 is 33.4 Å². The molecule has 2 heterocycles. The topological polar surface area (TPSA) is 76.0 Å². The summed E-state index contributed by atoms with van der Waals surface area (Å²) in [6.45, 7) is 2.69. The number of carbonyl (C=O) groups is 2. The second-order valence-corrected chi connectivity index (χ2v) is 7.65. The summed E-state index contributed by atoms with van der Waals surface area (Å²) in [6.07, 6.45) is 1.93. The van der Waals surface area contributed by atoms with E-state index < -0.39 is 0 Å². The number of benzene rings is 1. The molecule has 27 heavy (non-hydrogen) atoms. The third kappa shape index (κ3) is 3.71. The molecule has 8 heteroatoms. The van der Waals surface area contributed by atoms with Gasteiger partial charge in [-0.2, -0.15) is 5.10 Å². The van der Waals surface area contributed by atoms with Crippen molar-refractivity contribution in [3.05, 3.63) is 46.7 Å². The lowest BCUT2D eigenvalue weighted by Crippen LogP contribution is -2.35. The average Bonchev–Trinajstić information content (AvgIpc) is 3.34. The number of hydrogen-bond donors (Lipinski definition) is 2. The van der Waals surface area contributed by atoms with Crippen LogP contribution < -0.4 is 10.6 Å². The summed E-state index contributed by atoms with van der Waals surface area (Å²) < 4.78 is 14.9. The van der Waals surface area contributed by atoms with Gasteiger partial charge in [-0.15, -0.1) is 11.3 Å². The van der Waals surface area contributed by atoms with E-state index in [4.69, 9.17) is 0 Å². The number of aromatic nitrogens is 2. The summed E-state index contributed by atoms with van der Waals surface area (Å²) in [7, 11) is 0. The van der Waals surface area contributed by atoms with E-state index in [0.717, 1.165) is 34.4 Å². The normalized spacial score (nSPS) is 13.7. The minimum atomic E-state index is -0.307. The lowest BCUT2D eigenvalue weighted by atomic mass is 10.3. The van der Waals surface area contributed by atoms with Crippen LogP contribution in [0.4, 0.5) is 4.39 Å². The monoisotopic (exact) mass is 386 g/mol. The number of carbonyl (C=O) groups excluding carboxylic acids is 2. The van der Waals surface area contributed by atoms with Gasteiger partial charge < -0.3 is 10.6 Å². The van der Waals surface area contributed by atoms with Gasteiger partial charge in [0.2, 0.25) is 5.91 Å². The molecule has 0 aliphatic heterocycles. The van der Waals surface area contributed by atoms with Gasteiger partial charge in [0.05, 0.1) is 16.3 Å². The predicted molar refractivity (Wildman–Crippen MR) is 102 cm³/mol. The van der Waals surface area contributed by atoms with Gasteiger partial charge in [-0.3, -0.25) is 9.59 Å². The quantitative estimate of drug-likeness (QED) is 0.640. The number of thiophene rings is 1. The fourth-order valence-corrected chi connectivity index (χ4v) is 3.95. The molecule has 0 spiro atoms. The number of hydrogen-bond acceptors (Lipinski definition) is 4. The Hall–Kier alpha value is -2.74. The van der Waals surface area contributed by atoms with Crippen molar-refractivity contribution < 1.29 is 14.0 Å². The standard InChI is InChI=1S/C19H19FN4O2S/c1-11-15-10-16(18(26)22-9-8-21-17(25)12-2-3-12)27-19(15)24(23-11)14-6-4-13(20)5-7-14/h4-7,10,12H,2-3,8-9H2,1H3,(H,21,25)(H,22,26). The van der Waals surface area contributed by atoms with E-state index >= 15 is 0 Å². The number of nitrogens with one attached hydrogen (secondary N) is 2. The Morgan fingerprint density at radius 3 is 2.63 bits per heavy atom. The molecule has 0 bridgehead atoms. The van der Waals surface area contributed by atoms with Crippen molar-refractivity contribution in [1.29, 1.82) is 0 Å². The van der Waals surface area contributed by atoms with E-state index in [-0.39, 0.29) is 23.5 Å². The smallest absolute Gasteiger partial charge is 0.261 e. The first-order chi connectivity index (χ1) is 13.0. The molecule has 4 rings (SSSR count). The fourth-order valence-electron chi connectivity index (χ4n) is 2.86. The maximum absolute atomic E-state index is 13.2. The Bertz CT molecular complexity index is 1000. The molecule has 0 unspecified atom stereocenters. The lowest BCUT2D eigenvalue weighted by molar-refractivity contribution is -0.122. The van der Waals surface area contributed by atoms with Crippen molar-refractivity contribution in [2.75, 3.05) is 13.1 Å². The van der Waals surface area contributed by atoms with E-state index in [2.05, 4.69) is 15.7 Å². The van der Waals surface area contributed by atoms with Crippen molar-refractivity contribution in [3.63, 3.8) is 0 Å². The molecule has 2 aromatic heterocycles. The molecule has 0 atom stereocenters. The van der Waals surface area contributed by atoms with E-state index in [9.17, 15) is 14.0 Å². The van der Waals surface area contributed by atoms with E-state index in [1.807, 2.05) is 13.0 Å². The summed E-state index contributed by atoms with van der Waals surface area (Å²) in [5.74, 6) is -0.248. The highest BCUT2D eigenvalue weighted by Crippen LogP contribution is 2.30. The molecule has 1 aromatic carbocycles. The highest BCUT2D eigenvalue weighted by atomic mass is 32.1. The molecule has 2 amide bonds. The molecule has 1 aliphatic carbocycles. The van der Waals surface area contributed by atoms with Crippen molar-refractivity contribution in [2.24, 2.45) is 5.92 Å². The first kappa shape index (κ1) is 17.7. The zero-order valence-corrected chi connectivity index (χ0v) is 15.6. The first-order valence-electron chi connectivity index (χ1n) is 8.84. The lowest BCUT2D eigenvalue weighted by Gasteiger charge is -2.05. The molecular formula is C19H19FN4O2S. The van der Waals surface area contributed by atoms with Crippen LogP contribution in [-0.4, -0.2) is 34.7 Å². The van der Waals surface area contributed by atoms with Crippen LogP contribution in [0.1, 0.15) is 28.2 Å². The Labute approximate surface area is 159 Å². The number of nitrogens with zero attached hydrogens (tertiary/aromatic N) is 2. The fraction of sp³-hybridized carbons (Fsp3) is 0.316. The van der Waals surface area contributed by atoms with E-state index in [1.165, 1.54) is 23.5 Å². The SMILES string of the molecule is Cc1nn(-c2ccc(F)cc2)c2sc(C(=O)NCCNC(=O)C3CC3)cc12. The zero-order chi connectivity index (χ0) is 19.0. The number of aryl methyl sites for hydroxylation is 1. The van der Waals surface area contributed by atoms with Crippen LogP contribution >= 0.6 is 11.3 Å². The Morgan fingerprint density at radius 1 is 1.22 bits per heavy atom. The van der Waals surface area contributed by atoms with Gasteiger partial charge in [0.1, 0.15) is 10.6 Å². The number of halogens is 1. The van der Waals surface area contributed by atoms with Crippen LogP contribution in [0.5, 0.6) is 0 Å². The molecule has 1 aliphatic rings. The molecule has 1 fully saturated rings. The van der Waals surface area contributed by atoms with Gasteiger partial charge in [-0.25, -0.2) is 9.07 Å². The van der Waals surface area contributed by atoms with Crippen LogP contribution in [0.15, 0.2) is 30.3 Å². The molecule has 2 N–H and O–H groups in total. The summed E-state index contributed by atoms with van der Waals surface area (Å²) in [5.41, 5.74) is 1.55. The Balaban J connectivity index is 1.46. The summed E-state index contributed by atoms with van der Waals surface area (Å²) >= 11 is 1.34. The Kier molecular flexibility index (Phi) is 4.65. The maximum atomic E-state index is 13.2. The molecule has 0 saturated heterocycles. The third-order valence-corrected chi connectivity index (χ3v) is 5.61. The molecule has 140 valence electrons. The average molecular weight is 386 g/mol. The van der Waals surface area contributed by atoms with Gasteiger partial charge >= 0.3 is 0 Å². The van der Waals surface area contributed by atoms with Crippen LogP contribution in [0.2, 0.25) is 0 Å². The summed E-state index contributed by atoms with van der Waals surface area (Å²) in [5, 5.41) is 11.0. The third-order valence-electron chi connectivity index (χ3n) is 4.50. The molecule has 1 saturated carbocycles. The van der Waals surface area contributed by atoms with E-state index in [0.29, 0.717) is 18.0 Å². The number of rotatable bonds is 6. The van der Waals surface area contributed by atoms with Crippen molar-refractivity contribution in [2.45, 2.75) is 19.8 Å². The van der Waals surface area contributed by atoms with Crippen LogP contribution in [0, 0.1) is 18.7 Å². The number of amides is 2. The van der Waals surface area contributed by atoms with Gasteiger partial charge in [-0.05, 0) is 50.1 Å².